The Morgan fingerprint density at radius 1 is 0.933 bits per heavy atom. The van der Waals surface area contributed by atoms with E-state index in [0.717, 1.165) is 5.56 Å². The van der Waals surface area contributed by atoms with Crippen LogP contribution in [0, 0.1) is 0 Å². The Balaban J connectivity index is 1.47. The van der Waals surface area contributed by atoms with E-state index in [0.29, 0.717) is 27.0 Å². The summed E-state index contributed by atoms with van der Waals surface area (Å²) in [6.07, 6.45) is 1.50. The first-order chi connectivity index (χ1) is 14.5. The minimum absolute atomic E-state index is 0.157. The second-order valence-electron chi connectivity index (χ2n) is 6.09. The van der Waals surface area contributed by atoms with Gasteiger partial charge < -0.3 is 10.1 Å². The minimum atomic E-state index is -0.340. The van der Waals surface area contributed by atoms with Crippen LogP contribution in [0.3, 0.4) is 0 Å². The van der Waals surface area contributed by atoms with E-state index < -0.39 is 0 Å². The van der Waals surface area contributed by atoms with Crippen LogP contribution in [-0.4, -0.2) is 24.6 Å². The Morgan fingerprint density at radius 2 is 1.63 bits per heavy atom. The lowest BCUT2D eigenvalue weighted by atomic mass is 10.2. The molecule has 0 aliphatic carbocycles. The molecule has 0 bridgehead atoms. The predicted octanol–water partition coefficient (Wildman–Crippen LogP) is 4.77. The molecule has 0 radical (unpaired) electrons. The molecular formula is C22H17Cl2N3O3. The number of ether oxygens (including phenoxy) is 1. The SMILES string of the molecule is O=C(COc1ccc(/C=N/NC(=O)c2ccc(Cl)cc2)cc1)Nc1ccccc1Cl. The molecule has 0 saturated carbocycles. The number of rotatable bonds is 7. The summed E-state index contributed by atoms with van der Waals surface area (Å²) in [5.41, 5.74) is 4.17. The van der Waals surface area contributed by atoms with E-state index in [1.54, 1.807) is 72.8 Å². The molecule has 3 rings (SSSR count). The molecule has 0 unspecified atom stereocenters. The maximum atomic E-state index is 12.0. The van der Waals surface area contributed by atoms with Crippen LogP contribution < -0.4 is 15.5 Å². The van der Waals surface area contributed by atoms with Gasteiger partial charge in [-0.05, 0) is 66.2 Å². The summed E-state index contributed by atoms with van der Waals surface area (Å²) in [6.45, 7) is -0.157. The van der Waals surface area contributed by atoms with Crippen molar-refractivity contribution in [3.05, 3.63) is 94.0 Å². The second-order valence-corrected chi connectivity index (χ2v) is 6.94. The molecule has 0 aliphatic heterocycles. The molecule has 6 nitrogen and oxygen atoms in total. The van der Waals surface area contributed by atoms with Gasteiger partial charge in [0.2, 0.25) is 0 Å². The zero-order chi connectivity index (χ0) is 21.3. The van der Waals surface area contributed by atoms with Crippen molar-refractivity contribution >= 4 is 46.9 Å². The van der Waals surface area contributed by atoms with Gasteiger partial charge in [0.25, 0.3) is 11.8 Å². The lowest BCUT2D eigenvalue weighted by Crippen LogP contribution is -2.20. The molecule has 2 amide bonds. The van der Waals surface area contributed by atoms with Crippen molar-refractivity contribution in [1.29, 1.82) is 0 Å². The first kappa shape index (κ1) is 21.4. The number of para-hydroxylation sites is 1. The fraction of sp³-hybridized carbons (Fsp3) is 0.0455. The normalized spacial score (nSPS) is 10.6. The van der Waals surface area contributed by atoms with Crippen LogP contribution in [0.4, 0.5) is 5.69 Å². The van der Waals surface area contributed by atoms with Gasteiger partial charge in [0.15, 0.2) is 6.61 Å². The Hall–Kier alpha value is -3.35. The molecule has 0 aliphatic rings. The summed E-state index contributed by atoms with van der Waals surface area (Å²) in [6, 6.07) is 20.3. The van der Waals surface area contributed by atoms with Crippen LogP contribution in [0.15, 0.2) is 77.9 Å². The molecule has 3 aromatic carbocycles. The number of nitrogens with zero attached hydrogens (tertiary/aromatic N) is 1. The Kier molecular flexibility index (Phi) is 7.43. The molecule has 0 aromatic heterocycles. The summed E-state index contributed by atoms with van der Waals surface area (Å²) < 4.78 is 5.46. The highest BCUT2D eigenvalue weighted by Crippen LogP contribution is 2.20. The molecule has 2 N–H and O–H groups in total. The first-order valence-electron chi connectivity index (χ1n) is 8.87. The van der Waals surface area contributed by atoms with Gasteiger partial charge in [0, 0.05) is 10.6 Å². The maximum absolute atomic E-state index is 12.0. The summed E-state index contributed by atoms with van der Waals surface area (Å²) in [7, 11) is 0. The first-order valence-corrected chi connectivity index (χ1v) is 9.63. The molecule has 30 heavy (non-hydrogen) atoms. The van der Waals surface area contributed by atoms with Gasteiger partial charge in [-0.15, -0.1) is 0 Å². The van der Waals surface area contributed by atoms with Crippen molar-refractivity contribution in [2.75, 3.05) is 11.9 Å². The van der Waals surface area contributed by atoms with Crippen LogP contribution in [-0.2, 0) is 4.79 Å². The number of hydrogen-bond donors (Lipinski definition) is 2. The third-order valence-corrected chi connectivity index (χ3v) is 4.47. The Labute approximate surface area is 183 Å². The van der Waals surface area contributed by atoms with Gasteiger partial charge >= 0.3 is 0 Å². The quantitative estimate of drug-likeness (QED) is 0.409. The van der Waals surface area contributed by atoms with Gasteiger partial charge in [-0.1, -0.05) is 35.3 Å². The zero-order valence-corrected chi connectivity index (χ0v) is 17.2. The molecule has 8 heteroatoms. The smallest absolute Gasteiger partial charge is 0.271 e. The highest BCUT2D eigenvalue weighted by molar-refractivity contribution is 6.33. The predicted molar refractivity (Wildman–Crippen MR) is 119 cm³/mol. The minimum Gasteiger partial charge on any atom is -0.484 e. The van der Waals surface area contributed by atoms with Crippen LogP contribution in [0.25, 0.3) is 0 Å². The van der Waals surface area contributed by atoms with Gasteiger partial charge in [0.05, 0.1) is 16.9 Å². The maximum Gasteiger partial charge on any atom is 0.271 e. The number of carbonyl (C=O) groups is 2. The molecule has 152 valence electrons. The number of amides is 2. The summed E-state index contributed by atoms with van der Waals surface area (Å²) in [5.74, 6) is -0.141. The number of hydrazone groups is 1. The van der Waals surface area contributed by atoms with Crippen LogP contribution in [0.2, 0.25) is 10.0 Å². The topological polar surface area (TPSA) is 79.8 Å². The van der Waals surface area contributed by atoms with Gasteiger partial charge in [-0.3, -0.25) is 9.59 Å². The number of nitrogens with one attached hydrogen (secondary N) is 2. The summed E-state index contributed by atoms with van der Waals surface area (Å²) >= 11 is 11.8. The highest BCUT2D eigenvalue weighted by atomic mass is 35.5. The highest BCUT2D eigenvalue weighted by Gasteiger charge is 2.06. The number of carbonyl (C=O) groups excluding carboxylic acids is 2. The largest absolute Gasteiger partial charge is 0.484 e. The van der Waals surface area contributed by atoms with Crippen molar-refractivity contribution in [3.8, 4) is 5.75 Å². The summed E-state index contributed by atoms with van der Waals surface area (Å²) in [4.78, 5) is 23.9. The molecule has 0 heterocycles. The second kappa shape index (κ2) is 10.4. The van der Waals surface area contributed by atoms with E-state index in [4.69, 9.17) is 27.9 Å². The Bertz CT molecular complexity index is 1050. The van der Waals surface area contributed by atoms with Crippen molar-refractivity contribution in [2.45, 2.75) is 0 Å². The lowest BCUT2D eigenvalue weighted by molar-refractivity contribution is -0.118. The summed E-state index contributed by atoms with van der Waals surface area (Å²) in [5, 5.41) is 7.62. The van der Waals surface area contributed by atoms with Crippen LogP contribution in [0.1, 0.15) is 15.9 Å². The third kappa shape index (κ3) is 6.34. The van der Waals surface area contributed by atoms with E-state index in [1.807, 2.05) is 0 Å². The van der Waals surface area contributed by atoms with Crippen LogP contribution in [0.5, 0.6) is 5.75 Å². The number of hydrogen-bond acceptors (Lipinski definition) is 4. The number of halogens is 2. The number of benzene rings is 3. The van der Waals surface area contributed by atoms with E-state index in [-0.39, 0.29) is 18.4 Å². The molecule has 0 spiro atoms. The third-order valence-electron chi connectivity index (χ3n) is 3.88. The van der Waals surface area contributed by atoms with E-state index in [2.05, 4.69) is 15.8 Å². The molecule has 0 fully saturated rings. The molecule has 0 atom stereocenters. The van der Waals surface area contributed by atoms with Crippen molar-refractivity contribution in [3.63, 3.8) is 0 Å². The van der Waals surface area contributed by atoms with E-state index >= 15 is 0 Å². The van der Waals surface area contributed by atoms with E-state index in [9.17, 15) is 9.59 Å². The molecule has 3 aromatic rings. The van der Waals surface area contributed by atoms with Gasteiger partial charge in [-0.2, -0.15) is 5.10 Å². The number of anilines is 1. The lowest BCUT2D eigenvalue weighted by Gasteiger charge is -2.08. The average molecular weight is 442 g/mol. The monoisotopic (exact) mass is 441 g/mol. The fourth-order valence-electron chi connectivity index (χ4n) is 2.38. The van der Waals surface area contributed by atoms with Crippen LogP contribution >= 0.6 is 23.2 Å². The molecule has 0 saturated heterocycles. The van der Waals surface area contributed by atoms with Gasteiger partial charge in [-0.25, -0.2) is 5.43 Å². The molecular weight excluding hydrogens is 425 g/mol. The Morgan fingerprint density at radius 3 is 2.33 bits per heavy atom. The van der Waals surface area contributed by atoms with Crippen molar-refractivity contribution < 1.29 is 14.3 Å². The van der Waals surface area contributed by atoms with Gasteiger partial charge in [0.1, 0.15) is 5.75 Å². The standard InChI is InChI=1S/C22H17Cl2N3O3/c23-17-9-7-16(8-10-17)22(29)27-25-13-15-5-11-18(12-6-15)30-14-21(28)26-20-4-2-1-3-19(20)24/h1-13H,14H2,(H,26,28)(H,27,29)/b25-13+. The van der Waals surface area contributed by atoms with Crippen molar-refractivity contribution in [2.24, 2.45) is 5.10 Å². The van der Waals surface area contributed by atoms with E-state index in [1.165, 1.54) is 6.21 Å². The fourth-order valence-corrected chi connectivity index (χ4v) is 2.69. The zero-order valence-electron chi connectivity index (χ0n) is 15.6. The average Bonchev–Trinajstić information content (AvgIpc) is 2.75. The van der Waals surface area contributed by atoms with Crippen molar-refractivity contribution in [1.82, 2.24) is 5.43 Å².